The number of aliphatic hydroxyl groups excluding tert-OH is 1. The van der Waals surface area contributed by atoms with Gasteiger partial charge in [-0.3, -0.25) is 19.2 Å². The van der Waals surface area contributed by atoms with Crippen molar-refractivity contribution in [1.29, 1.82) is 0 Å². The molecule has 2 fully saturated rings. The molecule has 2 aliphatic rings. The van der Waals surface area contributed by atoms with Crippen molar-refractivity contribution in [2.24, 2.45) is 40.5 Å². The van der Waals surface area contributed by atoms with Gasteiger partial charge in [-0.15, -0.1) is 24.8 Å². The Labute approximate surface area is 351 Å². The number of aromatic nitrogens is 2. The second-order valence-electron chi connectivity index (χ2n) is 15.0. The van der Waals surface area contributed by atoms with Crippen LogP contribution in [0.5, 0.6) is 0 Å². The molecule has 0 radical (unpaired) electrons. The monoisotopic (exact) mass is 850 g/mol. The van der Waals surface area contributed by atoms with E-state index in [1.807, 2.05) is 6.07 Å². The van der Waals surface area contributed by atoms with Crippen molar-refractivity contribution in [3.63, 3.8) is 0 Å². The fourth-order valence-corrected chi connectivity index (χ4v) is 7.60. The lowest BCUT2D eigenvalue weighted by Crippen LogP contribution is -2.63. The van der Waals surface area contributed by atoms with E-state index in [1.54, 1.807) is 30.2 Å². The number of nitrogens with zero attached hydrogens (tertiary/aromatic N) is 3. The number of imide groups is 3. The van der Waals surface area contributed by atoms with Crippen LogP contribution in [0.1, 0.15) is 75.5 Å². The Hall–Kier alpha value is -4.03. The summed E-state index contributed by atoms with van der Waals surface area (Å²) >= 11 is 0. The first kappa shape index (κ1) is 50.1. The molecule has 1 aromatic carbocycles. The second-order valence-corrected chi connectivity index (χ2v) is 15.0. The molecule has 1 saturated carbocycles. The van der Waals surface area contributed by atoms with Crippen LogP contribution in [0.3, 0.4) is 0 Å². The number of ketones is 1. The van der Waals surface area contributed by atoms with Crippen LogP contribution in [0.25, 0.3) is 0 Å². The molecule has 2 heterocycles. The SMILES string of the molecule is Cl.Cl.NCCC[C@H](N)C(=O)N(C(=O)C[C@H](O)C(N)CC1CCCCC1)C(=O)N1CC[C@H](CN)C(=C=O)C1C(=O)[C@H](Cc1c[nH]cn1)NC(=O)[C@@H](N)Cc1ccccc1. The maximum absolute atomic E-state index is 14.8. The Morgan fingerprint density at radius 3 is 2.28 bits per heavy atom. The highest BCUT2D eigenvalue weighted by molar-refractivity contribution is 6.13. The highest BCUT2D eigenvalue weighted by atomic mass is 35.5. The molecular formula is C39H60Cl2N10O7. The highest BCUT2D eigenvalue weighted by Crippen LogP contribution is 2.31. The van der Waals surface area contributed by atoms with Crippen LogP contribution in [-0.2, 0) is 36.8 Å². The number of hydrogen-bond acceptors (Lipinski definition) is 13. The molecule has 1 saturated heterocycles. The van der Waals surface area contributed by atoms with Gasteiger partial charge in [0.2, 0.25) is 11.8 Å². The summed E-state index contributed by atoms with van der Waals surface area (Å²) < 4.78 is 0. The number of rotatable bonds is 18. The van der Waals surface area contributed by atoms with E-state index >= 15 is 0 Å². The zero-order valence-corrected chi connectivity index (χ0v) is 34.3. The van der Waals surface area contributed by atoms with Crippen molar-refractivity contribution in [3.8, 4) is 0 Å². The third-order valence-corrected chi connectivity index (χ3v) is 10.9. The number of Topliss-reactive ketones (excluding diaryl/α,β-unsaturated/α-hetero) is 1. The number of H-pyrrole nitrogens is 1. The zero-order chi connectivity index (χ0) is 40.8. The Balaban J connectivity index is 0.00000580. The fraction of sp³-hybridized carbons (Fsp3) is 0.590. The van der Waals surface area contributed by atoms with E-state index in [9.17, 15) is 33.9 Å². The van der Waals surface area contributed by atoms with Gasteiger partial charge in [0.25, 0.3) is 5.91 Å². The molecule has 0 spiro atoms. The van der Waals surface area contributed by atoms with Crippen LogP contribution in [0.2, 0.25) is 0 Å². The lowest BCUT2D eigenvalue weighted by atomic mass is 9.82. The maximum Gasteiger partial charge on any atom is 0.334 e. The van der Waals surface area contributed by atoms with Gasteiger partial charge in [-0.2, -0.15) is 4.90 Å². The summed E-state index contributed by atoms with van der Waals surface area (Å²) in [6.45, 7) is -0.102. The number of urea groups is 1. The van der Waals surface area contributed by atoms with Gasteiger partial charge in [0.15, 0.2) is 5.78 Å². The van der Waals surface area contributed by atoms with Gasteiger partial charge in [0, 0.05) is 36.7 Å². The number of nitrogens with one attached hydrogen (secondary N) is 2. The molecule has 19 heteroatoms. The number of aliphatic hydroxyl groups is 1. The molecule has 2 unspecified atom stereocenters. The molecule has 1 aliphatic heterocycles. The highest BCUT2D eigenvalue weighted by Gasteiger charge is 2.47. The second kappa shape index (κ2) is 24.8. The van der Waals surface area contributed by atoms with E-state index in [4.69, 9.17) is 28.7 Å². The summed E-state index contributed by atoms with van der Waals surface area (Å²) in [5.74, 6) is -2.26. The zero-order valence-electron chi connectivity index (χ0n) is 32.7. The summed E-state index contributed by atoms with van der Waals surface area (Å²) in [5, 5.41) is 13.8. The summed E-state index contributed by atoms with van der Waals surface area (Å²) in [5.41, 5.74) is 31.5. The van der Waals surface area contributed by atoms with E-state index in [-0.39, 0.29) is 81.6 Å². The van der Waals surface area contributed by atoms with Gasteiger partial charge in [0.05, 0.1) is 42.7 Å². The quantitative estimate of drug-likeness (QED) is 0.0945. The number of carbonyl (C=O) groups excluding carboxylic acids is 6. The summed E-state index contributed by atoms with van der Waals surface area (Å²) in [7, 11) is 0. The van der Waals surface area contributed by atoms with Crippen LogP contribution in [-0.4, -0.2) is 116 Å². The van der Waals surface area contributed by atoms with E-state index in [2.05, 4.69) is 15.3 Å². The number of likely N-dealkylation sites (tertiary alicyclic amines) is 1. The predicted octanol–water partition coefficient (Wildman–Crippen LogP) is 0.417. The summed E-state index contributed by atoms with van der Waals surface area (Å²) in [6, 6.07) is 1.48. The molecule has 1 aromatic heterocycles. The minimum absolute atomic E-state index is 0. The van der Waals surface area contributed by atoms with E-state index in [1.165, 1.54) is 12.5 Å². The molecule has 5 amide bonds. The Kier molecular flexibility index (Phi) is 21.4. The number of benzene rings is 1. The molecule has 4 rings (SSSR count). The average Bonchev–Trinajstić information content (AvgIpc) is 3.72. The third-order valence-electron chi connectivity index (χ3n) is 10.9. The van der Waals surface area contributed by atoms with Crippen molar-refractivity contribution >= 4 is 60.3 Å². The topological polar surface area (TPSA) is 300 Å². The average molecular weight is 852 g/mol. The standard InChI is InChI=1S/C39H58N10O7.2ClH/c40-14-7-12-29(42)38(55)49(34(52)19-33(51)30(43)16-24-8-3-1-4-9-24)39(56)48-15-13-26(20-41)28(22-50)35(48)36(53)32(18-27-21-45-23-46-27)47-37(54)31(44)17-25-10-5-2-6-11-25;;/h2,5-6,10-11,21,23-24,26,29-33,35,51H,1,3-4,7-9,12-20,40-44H2,(H,45,46)(H,47,54);2*1H/t26-,29+,30?,31+,32+,33+,35?;;/m1../s1. The molecule has 17 nitrogen and oxygen atoms in total. The fourth-order valence-electron chi connectivity index (χ4n) is 7.60. The Bertz CT molecular complexity index is 1680. The first-order valence-electron chi connectivity index (χ1n) is 19.5. The number of piperidine rings is 1. The lowest BCUT2D eigenvalue weighted by Gasteiger charge is -2.41. The Morgan fingerprint density at radius 2 is 1.67 bits per heavy atom. The molecule has 0 bridgehead atoms. The minimum atomic E-state index is -1.71. The number of aromatic amines is 1. The Morgan fingerprint density at radius 1 is 0.983 bits per heavy atom. The van der Waals surface area contributed by atoms with Crippen LogP contribution in [0.4, 0.5) is 4.79 Å². The molecule has 322 valence electrons. The van der Waals surface area contributed by atoms with Gasteiger partial charge < -0.3 is 49.0 Å². The number of imidazole rings is 1. The number of carbonyl (C=O) groups is 5. The van der Waals surface area contributed by atoms with Crippen molar-refractivity contribution in [2.75, 3.05) is 19.6 Å². The predicted molar refractivity (Wildman–Crippen MR) is 222 cm³/mol. The van der Waals surface area contributed by atoms with Gasteiger partial charge >= 0.3 is 6.03 Å². The van der Waals surface area contributed by atoms with Gasteiger partial charge in [-0.25, -0.2) is 14.6 Å². The van der Waals surface area contributed by atoms with Gasteiger partial charge in [-0.1, -0.05) is 62.4 Å². The molecule has 2 aromatic rings. The summed E-state index contributed by atoms with van der Waals surface area (Å²) in [6.07, 6.45) is 6.84. The first-order valence-corrected chi connectivity index (χ1v) is 19.5. The molecule has 7 atom stereocenters. The first-order chi connectivity index (χ1) is 26.9. The minimum Gasteiger partial charge on any atom is -0.391 e. The lowest BCUT2D eigenvalue weighted by molar-refractivity contribution is -0.144. The number of hydrogen-bond donors (Lipinski definition) is 8. The van der Waals surface area contributed by atoms with Crippen LogP contribution >= 0.6 is 24.8 Å². The van der Waals surface area contributed by atoms with Gasteiger partial charge in [-0.05, 0) is 56.7 Å². The largest absolute Gasteiger partial charge is 0.391 e. The van der Waals surface area contributed by atoms with E-state index in [0.717, 1.165) is 42.6 Å². The smallest absolute Gasteiger partial charge is 0.334 e. The number of halogens is 2. The van der Waals surface area contributed by atoms with E-state index in [0.29, 0.717) is 23.4 Å². The van der Waals surface area contributed by atoms with Crippen LogP contribution < -0.4 is 34.0 Å². The number of nitrogens with two attached hydrogens (primary N) is 5. The molecular weight excluding hydrogens is 791 g/mol. The van der Waals surface area contributed by atoms with Crippen molar-refractivity contribution in [1.82, 2.24) is 25.1 Å². The molecule has 1 aliphatic carbocycles. The van der Waals surface area contributed by atoms with Crippen molar-refractivity contribution < 1.29 is 33.9 Å². The maximum atomic E-state index is 14.8. The summed E-state index contributed by atoms with van der Waals surface area (Å²) in [4.78, 5) is 91.8. The van der Waals surface area contributed by atoms with Crippen molar-refractivity contribution in [3.05, 3.63) is 59.7 Å². The normalized spacial score (nSPS) is 19.6. The van der Waals surface area contributed by atoms with Gasteiger partial charge in [0.1, 0.15) is 12.0 Å². The number of amides is 5. The van der Waals surface area contributed by atoms with Crippen LogP contribution in [0, 0.1) is 11.8 Å². The molecule has 13 N–H and O–H groups in total. The van der Waals surface area contributed by atoms with E-state index < -0.39 is 78.2 Å². The third kappa shape index (κ3) is 13.5. The van der Waals surface area contributed by atoms with Crippen molar-refractivity contribution in [2.45, 2.75) is 113 Å². The molecule has 58 heavy (non-hydrogen) atoms. The van der Waals surface area contributed by atoms with Crippen LogP contribution in [0.15, 0.2) is 48.4 Å².